The van der Waals surface area contributed by atoms with Gasteiger partial charge in [0, 0.05) is 25.7 Å². The fourth-order valence-corrected chi connectivity index (χ4v) is 3.32. The molecule has 118 valence electrons. The maximum absolute atomic E-state index is 12.6. The number of nitrogens with zero attached hydrogens (tertiary/aromatic N) is 2. The second kappa shape index (κ2) is 9.35. The van der Waals surface area contributed by atoms with Crippen molar-refractivity contribution >= 4 is 5.91 Å². The molecule has 0 aromatic rings. The largest absolute Gasteiger partial charge is 0.342 e. The van der Waals surface area contributed by atoms with E-state index >= 15 is 0 Å². The van der Waals surface area contributed by atoms with E-state index in [1.807, 2.05) is 4.90 Å². The lowest BCUT2D eigenvalue weighted by atomic mass is 9.93. The first-order valence-electron chi connectivity index (χ1n) is 8.40. The van der Waals surface area contributed by atoms with Crippen LogP contribution in [-0.4, -0.2) is 54.0 Å². The van der Waals surface area contributed by atoms with Gasteiger partial charge in [-0.3, -0.25) is 9.69 Å². The zero-order valence-electron chi connectivity index (χ0n) is 13.6. The van der Waals surface area contributed by atoms with Crippen LogP contribution in [-0.2, 0) is 4.79 Å². The van der Waals surface area contributed by atoms with Crippen LogP contribution in [0.1, 0.15) is 59.3 Å². The molecule has 0 heterocycles. The summed E-state index contributed by atoms with van der Waals surface area (Å²) in [6, 6.07) is 0.564. The minimum absolute atomic E-state index is 0.00968. The molecule has 1 saturated carbocycles. The lowest BCUT2D eigenvalue weighted by Crippen LogP contribution is -2.52. The standard InChI is InChI=1S/C16H33N3O/c1-4-18(5-2)16(20)14(3)19(13-9-12-17)15-10-7-6-8-11-15/h14-15H,4-13,17H2,1-3H3. The molecule has 0 saturated heterocycles. The molecule has 0 aromatic heterocycles. The fraction of sp³-hybridized carbons (Fsp3) is 0.938. The predicted molar refractivity (Wildman–Crippen MR) is 84.6 cm³/mol. The molecule has 0 radical (unpaired) electrons. The summed E-state index contributed by atoms with van der Waals surface area (Å²) in [5, 5.41) is 0. The first kappa shape index (κ1) is 17.4. The topological polar surface area (TPSA) is 49.6 Å². The van der Waals surface area contributed by atoms with E-state index < -0.39 is 0 Å². The van der Waals surface area contributed by atoms with E-state index in [-0.39, 0.29) is 11.9 Å². The fourth-order valence-electron chi connectivity index (χ4n) is 3.32. The summed E-state index contributed by atoms with van der Waals surface area (Å²) in [6.45, 7) is 9.44. The summed E-state index contributed by atoms with van der Waals surface area (Å²) in [6.07, 6.45) is 7.40. The van der Waals surface area contributed by atoms with Gasteiger partial charge in [0.05, 0.1) is 6.04 Å². The highest BCUT2D eigenvalue weighted by molar-refractivity contribution is 5.81. The molecule has 1 unspecified atom stereocenters. The Morgan fingerprint density at radius 3 is 2.30 bits per heavy atom. The molecule has 0 bridgehead atoms. The summed E-state index contributed by atoms with van der Waals surface area (Å²) in [4.78, 5) is 17.0. The van der Waals surface area contributed by atoms with Crippen LogP contribution in [0, 0.1) is 0 Å². The van der Waals surface area contributed by atoms with Crippen molar-refractivity contribution in [3.63, 3.8) is 0 Å². The number of amides is 1. The molecule has 0 aromatic carbocycles. The first-order valence-corrected chi connectivity index (χ1v) is 8.40. The van der Waals surface area contributed by atoms with Crippen molar-refractivity contribution in [3.8, 4) is 0 Å². The molecule has 1 aliphatic carbocycles. The molecule has 4 heteroatoms. The SMILES string of the molecule is CCN(CC)C(=O)C(C)N(CCCN)C1CCCCC1. The average molecular weight is 283 g/mol. The molecular weight excluding hydrogens is 250 g/mol. The Hall–Kier alpha value is -0.610. The van der Waals surface area contributed by atoms with Crippen LogP contribution in [0.3, 0.4) is 0 Å². The quantitative estimate of drug-likeness (QED) is 0.743. The number of hydrogen-bond acceptors (Lipinski definition) is 3. The van der Waals surface area contributed by atoms with E-state index in [4.69, 9.17) is 5.73 Å². The Morgan fingerprint density at radius 2 is 1.80 bits per heavy atom. The highest BCUT2D eigenvalue weighted by atomic mass is 16.2. The summed E-state index contributed by atoms with van der Waals surface area (Å²) >= 11 is 0. The smallest absolute Gasteiger partial charge is 0.239 e. The number of hydrogen-bond donors (Lipinski definition) is 1. The highest BCUT2D eigenvalue weighted by Gasteiger charge is 2.30. The predicted octanol–water partition coefficient (Wildman–Crippen LogP) is 2.23. The van der Waals surface area contributed by atoms with E-state index in [1.165, 1.54) is 32.1 Å². The average Bonchev–Trinajstić information content (AvgIpc) is 2.49. The third-order valence-electron chi connectivity index (χ3n) is 4.59. The van der Waals surface area contributed by atoms with Gasteiger partial charge in [-0.25, -0.2) is 0 Å². The zero-order chi connectivity index (χ0) is 15.0. The molecule has 1 amide bonds. The van der Waals surface area contributed by atoms with Gasteiger partial charge in [0.25, 0.3) is 0 Å². The van der Waals surface area contributed by atoms with Crippen molar-refractivity contribution in [3.05, 3.63) is 0 Å². The second-order valence-corrected chi connectivity index (χ2v) is 5.86. The maximum atomic E-state index is 12.6. The Morgan fingerprint density at radius 1 is 1.20 bits per heavy atom. The van der Waals surface area contributed by atoms with Crippen LogP contribution in [0.15, 0.2) is 0 Å². The summed E-state index contributed by atoms with van der Waals surface area (Å²) in [5.74, 6) is 0.276. The van der Waals surface area contributed by atoms with Gasteiger partial charge in [-0.1, -0.05) is 19.3 Å². The normalized spacial score (nSPS) is 18.2. The highest BCUT2D eigenvalue weighted by Crippen LogP contribution is 2.25. The minimum atomic E-state index is -0.00968. The molecule has 20 heavy (non-hydrogen) atoms. The molecule has 2 N–H and O–H groups in total. The van der Waals surface area contributed by atoms with Gasteiger partial charge in [0.1, 0.15) is 0 Å². The van der Waals surface area contributed by atoms with E-state index in [0.29, 0.717) is 12.6 Å². The molecule has 1 rings (SSSR count). The van der Waals surface area contributed by atoms with Crippen LogP contribution in [0.25, 0.3) is 0 Å². The maximum Gasteiger partial charge on any atom is 0.239 e. The summed E-state index contributed by atoms with van der Waals surface area (Å²) in [5.41, 5.74) is 5.67. The van der Waals surface area contributed by atoms with Crippen LogP contribution in [0.5, 0.6) is 0 Å². The second-order valence-electron chi connectivity index (χ2n) is 5.86. The number of carbonyl (C=O) groups excluding carboxylic acids is 1. The van der Waals surface area contributed by atoms with Crippen molar-refractivity contribution in [2.75, 3.05) is 26.2 Å². The zero-order valence-corrected chi connectivity index (χ0v) is 13.6. The molecule has 0 spiro atoms. The molecule has 0 aliphatic heterocycles. The van der Waals surface area contributed by atoms with E-state index in [9.17, 15) is 4.79 Å². The number of nitrogens with two attached hydrogens (primary N) is 1. The first-order chi connectivity index (χ1) is 9.65. The van der Waals surface area contributed by atoms with Crippen LogP contribution >= 0.6 is 0 Å². The third-order valence-corrected chi connectivity index (χ3v) is 4.59. The van der Waals surface area contributed by atoms with Gasteiger partial charge in [-0.15, -0.1) is 0 Å². The van der Waals surface area contributed by atoms with Crippen molar-refractivity contribution in [1.29, 1.82) is 0 Å². The molecule has 1 atom stereocenters. The van der Waals surface area contributed by atoms with Crippen LogP contribution in [0.2, 0.25) is 0 Å². The lowest BCUT2D eigenvalue weighted by Gasteiger charge is -2.39. The van der Waals surface area contributed by atoms with Gasteiger partial charge < -0.3 is 10.6 Å². The Kier molecular flexibility index (Phi) is 8.15. The Bertz CT molecular complexity index is 273. The van der Waals surface area contributed by atoms with Crippen molar-refractivity contribution in [1.82, 2.24) is 9.80 Å². The number of likely N-dealkylation sites (N-methyl/N-ethyl adjacent to an activating group) is 1. The molecule has 1 aliphatic rings. The van der Waals surface area contributed by atoms with Crippen LogP contribution < -0.4 is 5.73 Å². The molecule has 1 fully saturated rings. The van der Waals surface area contributed by atoms with Crippen LogP contribution in [0.4, 0.5) is 0 Å². The molecule has 4 nitrogen and oxygen atoms in total. The van der Waals surface area contributed by atoms with Gasteiger partial charge in [0.15, 0.2) is 0 Å². The van der Waals surface area contributed by atoms with E-state index in [2.05, 4.69) is 25.7 Å². The van der Waals surface area contributed by atoms with Gasteiger partial charge in [0.2, 0.25) is 5.91 Å². The van der Waals surface area contributed by atoms with Gasteiger partial charge >= 0.3 is 0 Å². The van der Waals surface area contributed by atoms with Crippen molar-refractivity contribution in [2.45, 2.75) is 71.4 Å². The monoisotopic (exact) mass is 283 g/mol. The van der Waals surface area contributed by atoms with E-state index in [1.54, 1.807) is 0 Å². The third kappa shape index (κ3) is 4.74. The number of carbonyl (C=O) groups is 1. The molecular formula is C16H33N3O. The van der Waals surface area contributed by atoms with Crippen molar-refractivity contribution < 1.29 is 4.79 Å². The summed E-state index contributed by atoms with van der Waals surface area (Å²) < 4.78 is 0. The minimum Gasteiger partial charge on any atom is -0.342 e. The van der Waals surface area contributed by atoms with Gasteiger partial charge in [-0.2, -0.15) is 0 Å². The van der Waals surface area contributed by atoms with Gasteiger partial charge in [-0.05, 0) is 46.6 Å². The van der Waals surface area contributed by atoms with E-state index in [0.717, 1.165) is 26.1 Å². The lowest BCUT2D eigenvalue weighted by molar-refractivity contribution is -0.137. The summed E-state index contributed by atoms with van der Waals surface area (Å²) in [7, 11) is 0. The number of rotatable bonds is 8. The Labute approximate surface area is 124 Å². The Balaban J connectivity index is 2.71. The van der Waals surface area contributed by atoms with Crippen molar-refractivity contribution in [2.24, 2.45) is 5.73 Å².